The summed E-state index contributed by atoms with van der Waals surface area (Å²) in [5.41, 5.74) is 1.32. The quantitative estimate of drug-likeness (QED) is 0.468. The Kier molecular flexibility index (Phi) is 7.97. The fourth-order valence-corrected chi connectivity index (χ4v) is 4.86. The summed E-state index contributed by atoms with van der Waals surface area (Å²) in [5, 5.41) is 3.77. The van der Waals surface area contributed by atoms with E-state index in [1.807, 2.05) is 30.3 Å². The number of rotatable bonds is 8. The molecule has 162 valence electrons. The summed E-state index contributed by atoms with van der Waals surface area (Å²) >= 11 is 18.4. The van der Waals surface area contributed by atoms with Crippen molar-refractivity contribution >= 4 is 50.7 Å². The summed E-state index contributed by atoms with van der Waals surface area (Å²) < 4.78 is 27.6. The van der Waals surface area contributed by atoms with Crippen molar-refractivity contribution in [1.82, 2.24) is 9.62 Å². The summed E-state index contributed by atoms with van der Waals surface area (Å²) in [5.74, 6) is -0.454. The fourth-order valence-electron chi connectivity index (χ4n) is 2.85. The number of hydrogen-bond acceptors (Lipinski definition) is 3. The van der Waals surface area contributed by atoms with E-state index >= 15 is 0 Å². The molecule has 9 heteroatoms. The van der Waals surface area contributed by atoms with E-state index in [4.69, 9.17) is 34.8 Å². The minimum Gasteiger partial charge on any atom is -0.351 e. The number of nitrogens with zero attached hydrogens (tertiary/aromatic N) is 1. The van der Waals surface area contributed by atoms with E-state index in [1.54, 1.807) is 18.2 Å². The molecule has 0 spiro atoms. The second-order valence-electron chi connectivity index (χ2n) is 6.69. The van der Waals surface area contributed by atoms with Gasteiger partial charge in [0.15, 0.2) is 0 Å². The second-order valence-corrected chi connectivity index (χ2v) is 9.88. The zero-order valence-electron chi connectivity index (χ0n) is 16.3. The number of nitrogens with one attached hydrogen (secondary N) is 1. The van der Waals surface area contributed by atoms with Crippen LogP contribution in [0.5, 0.6) is 0 Å². The lowest BCUT2D eigenvalue weighted by Crippen LogP contribution is -2.40. The standard InChI is InChI=1S/C22H19Cl3N2O3S/c23-17-9-11-18(12-10-17)31(29,30)27(14-19-20(24)7-4-8-21(19)25)15-22(28)26-13-16-5-2-1-3-6-16/h1-12H,13-15H2,(H,26,28). The Bertz CT molecular complexity index is 1130. The molecule has 1 N–H and O–H groups in total. The summed E-state index contributed by atoms with van der Waals surface area (Å²) in [6.07, 6.45) is 0. The molecule has 1 amide bonds. The molecule has 5 nitrogen and oxygen atoms in total. The van der Waals surface area contributed by atoms with Gasteiger partial charge in [-0.25, -0.2) is 8.42 Å². The Hall–Kier alpha value is -2.09. The molecule has 0 unspecified atom stereocenters. The maximum absolute atomic E-state index is 13.3. The fraction of sp³-hybridized carbons (Fsp3) is 0.136. The minimum absolute atomic E-state index is 0.0101. The molecule has 0 aliphatic carbocycles. The maximum atomic E-state index is 13.3. The average Bonchev–Trinajstić information content (AvgIpc) is 2.75. The highest BCUT2D eigenvalue weighted by Gasteiger charge is 2.28. The number of carbonyl (C=O) groups excluding carboxylic acids is 1. The van der Waals surface area contributed by atoms with Crippen LogP contribution in [0.15, 0.2) is 77.7 Å². The molecular weight excluding hydrogens is 479 g/mol. The second kappa shape index (κ2) is 10.5. The minimum atomic E-state index is -4.03. The predicted octanol–water partition coefficient (Wildman–Crippen LogP) is 5.15. The SMILES string of the molecule is O=C(CN(Cc1c(Cl)cccc1Cl)S(=O)(=O)c1ccc(Cl)cc1)NCc1ccccc1. The normalized spacial score (nSPS) is 11.5. The number of sulfonamides is 1. The number of amides is 1. The molecule has 31 heavy (non-hydrogen) atoms. The van der Waals surface area contributed by atoms with Crippen molar-refractivity contribution in [2.75, 3.05) is 6.54 Å². The van der Waals surface area contributed by atoms with E-state index in [9.17, 15) is 13.2 Å². The summed E-state index contributed by atoms with van der Waals surface area (Å²) in [6.45, 7) is -0.289. The van der Waals surface area contributed by atoms with Gasteiger partial charge < -0.3 is 5.32 Å². The molecule has 0 fully saturated rings. The first-order chi connectivity index (χ1) is 14.8. The van der Waals surface area contributed by atoms with Crippen molar-refractivity contribution in [3.63, 3.8) is 0 Å². The lowest BCUT2D eigenvalue weighted by molar-refractivity contribution is -0.121. The topological polar surface area (TPSA) is 66.5 Å². The summed E-state index contributed by atoms with van der Waals surface area (Å²) in [6, 6.07) is 20.0. The van der Waals surface area contributed by atoms with Gasteiger partial charge in [-0.1, -0.05) is 71.2 Å². The molecule has 0 aromatic heterocycles. The van der Waals surface area contributed by atoms with Gasteiger partial charge in [0.1, 0.15) is 0 Å². The van der Waals surface area contributed by atoms with Crippen LogP contribution in [-0.2, 0) is 27.9 Å². The molecule has 0 heterocycles. The number of hydrogen-bond donors (Lipinski definition) is 1. The van der Waals surface area contributed by atoms with Crippen molar-refractivity contribution in [3.05, 3.63) is 99.0 Å². The van der Waals surface area contributed by atoms with Crippen molar-refractivity contribution < 1.29 is 13.2 Å². The van der Waals surface area contributed by atoms with E-state index in [2.05, 4.69) is 5.32 Å². The van der Waals surface area contributed by atoms with Crippen LogP contribution in [0.3, 0.4) is 0 Å². The first-order valence-electron chi connectivity index (χ1n) is 9.26. The van der Waals surface area contributed by atoms with Gasteiger partial charge in [0.25, 0.3) is 0 Å². The Morgan fingerprint density at radius 1 is 0.839 bits per heavy atom. The first-order valence-corrected chi connectivity index (χ1v) is 11.8. The zero-order valence-corrected chi connectivity index (χ0v) is 19.3. The van der Waals surface area contributed by atoms with Crippen molar-refractivity contribution in [2.24, 2.45) is 0 Å². The zero-order chi connectivity index (χ0) is 22.4. The smallest absolute Gasteiger partial charge is 0.243 e. The average molecular weight is 498 g/mol. The third-order valence-corrected chi connectivity index (χ3v) is 7.27. The highest BCUT2D eigenvalue weighted by atomic mass is 35.5. The number of halogens is 3. The van der Waals surface area contributed by atoms with Crippen LogP contribution in [-0.4, -0.2) is 25.2 Å². The highest BCUT2D eigenvalue weighted by molar-refractivity contribution is 7.89. The Balaban J connectivity index is 1.86. The summed E-state index contributed by atoms with van der Waals surface area (Å²) in [4.78, 5) is 12.6. The molecule has 3 rings (SSSR count). The highest BCUT2D eigenvalue weighted by Crippen LogP contribution is 2.28. The van der Waals surface area contributed by atoms with Gasteiger partial charge in [-0.2, -0.15) is 4.31 Å². The molecule has 3 aromatic carbocycles. The maximum Gasteiger partial charge on any atom is 0.243 e. The molecular formula is C22H19Cl3N2O3S. The van der Waals surface area contributed by atoms with Gasteiger partial charge >= 0.3 is 0 Å². The third-order valence-electron chi connectivity index (χ3n) is 4.50. The van der Waals surface area contributed by atoms with Crippen LogP contribution in [0.25, 0.3) is 0 Å². The van der Waals surface area contributed by atoms with Crippen molar-refractivity contribution in [3.8, 4) is 0 Å². The largest absolute Gasteiger partial charge is 0.351 e. The Morgan fingerprint density at radius 2 is 1.45 bits per heavy atom. The van der Waals surface area contributed by atoms with Crippen LogP contribution in [0.2, 0.25) is 15.1 Å². The van der Waals surface area contributed by atoms with E-state index in [1.165, 1.54) is 24.3 Å². The lowest BCUT2D eigenvalue weighted by Gasteiger charge is -2.23. The molecule has 0 aliphatic heterocycles. The van der Waals surface area contributed by atoms with Gasteiger partial charge in [0.05, 0.1) is 11.4 Å². The summed E-state index contributed by atoms with van der Waals surface area (Å²) in [7, 11) is -4.03. The molecule has 0 atom stereocenters. The molecule has 0 radical (unpaired) electrons. The van der Waals surface area contributed by atoms with Crippen LogP contribution < -0.4 is 5.32 Å². The van der Waals surface area contributed by atoms with E-state index in [0.29, 0.717) is 20.6 Å². The van der Waals surface area contributed by atoms with Gasteiger partial charge in [-0.3, -0.25) is 4.79 Å². The Labute approximate surface area is 196 Å². The third kappa shape index (κ3) is 6.21. The molecule has 0 aliphatic rings. The van der Waals surface area contributed by atoms with Crippen LogP contribution in [0.1, 0.15) is 11.1 Å². The Morgan fingerprint density at radius 3 is 2.06 bits per heavy atom. The van der Waals surface area contributed by atoms with E-state index in [-0.39, 0.29) is 18.0 Å². The van der Waals surface area contributed by atoms with Crippen molar-refractivity contribution in [1.29, 1.82) is 0 Å². The number of carbonyl (C=O) groups is 1. The monoisotopic (exact) mass is 496 g/mol. The molecule has 0 saturated heterocycles. The molecule has 0 saturated carbocycles. The number of benzene rings is 3. The van der Waals surface area contributed by atoms with E-state index in [0.717, 1.165) is 9.87 Å². The predicted molar refractivity (Wildman–Crippen MR) is 124 cm³/mol. The first kappa shape index (κ1) is 23.6. The van der Waals surface area contributed by atoms with Gasteiger partial charge in [-0.15, -0.1) is 0 Å². The van der Waals surface area contributed by atoms with Crippen molar-refractivity contribution in [2.45, 2.75) is 18.0 Å². The lowest BCUT2D eigenvalue weighted by atomic mass is 10.2. The van der Waals surface area contributed by atoms with Crippen LogP contribution in [0.4, 0.5) is 0 Å². The van der Waals surface area contributed by atoms with E-state index < -0.39 is 22.5 Å². The molecule has 0 bridgehead atoms. The van der Waals surface area contributed by atoms with Crippen LogP contribution in [0, 0.1) is 0 Å². The van der Waals surface area contributed by atoms with Gasteiger partial charge in [0, 0.05) is 33.7 Å². The van der Waals surface area contributed by atoms with Crippen LogP contribution >= 0.6 is 34.8 Å². The van der Waals surface area contributed by atoms with Gasteiger partial charge in [0.2, 0.25) is 15.9 Å². The molecule has 3 aromatic rings. The van der Waals surface area contributed by atoms with Gasteiger partial charge in [-0.05, 0) is 42.0 Å².